The summed E-state index contributed by atoms with van der Waals surface area (Å²) in [5.41, 5.74) is 3.20. The Hall–Kier alpha value is -1.18. The Morgan fingerprint density at radius 1 is 0.920 bits per heavy atom. The predicted molar refractivity (Wildman–Crippen MR) is 101 cm³/mol. The van der Waals surface area contributed by atoms with Crippen LogP contribution in [0.25, 0.3) is 5.57 Å². The van der Waals surface area contributed by atoms with E-state index in [-0.39, 0.29) is 0 Å². The van der Waals surface area contributed by atoms with E-state index in [0.717, 1.165) is 42.6 Å². The van der Waals surface area contributed by atoms with Crippen molar-refractivity contribution in [2.45, 2.75) is 78.6 Å². The molecule has 0 radical (unpaired) electrons. The molecule has 0 aromatic heterocycles. The van der Waals surface area contributed by atoms with Crippen LogP contribution in [0.15, 0.2) is 17.7 Å². The zero-order valence-electron chi connectivity index (χ0n) is 16.0. The molecular weight excluding hydrogens is 314 g/mol. The van der Waals surface area contributed by atoms with Crippen molar-refractivity contribution in [3.63, 3.8) is 0 Å². The summed E-state index contributed by atoms with van der Waals surface area (Å²) in [6.07, 6.45) is 11.3. The van der Waals surface area contributed by atoms with Gasteiger partial charge in [0.25, 0.3) is 0 Å². The number of aryl methyl sites for hydroxylation is 1. The molecule has 0 saturated heterocycles. The molecule has 1 aromatic rings. The van der Waals surface area contributed by atoms with E-state index in [1.807, 2.05) is 0 Å². The summed E-state index contributed by atoms with van der Waals surface area (Å²) in [6.45, 7) is 6.03. The molecule has 0 N–H and O–H groups in total. The first-order chi connectivity index (χ1) is 12.0. The molecule has 0 bridgehead atoms. The highest BCUT2D eigenvalue weighted by atomic mass is 19.2. The van der Waals surface area contributed by atoms with Gasteiger partial charge in [-0.25, -0.2) is 8.78 Å². The quantitative estimate of drug-likeness (QED) is 0.531. The molecule has 3 rings (SSSR count). The summed E-state index contributed by atoms with van der Waals surface area (Å²) < 4.78 is 28.3. The van der Waals surface area contributed by atoms with Gasteiger partial charge in [-0.1, -0.05) is 50.3 Å². The summed E-state index contributed by atoms with van der Waals surface area (Å²) >= 11 is 0. The highest BCUT2D eigenvalue weighted by Crippen LogP contribution is 2.44. The zero-order chi connectivity index (χ0) is 18.0. The lowest BCUT2D eigenvalue weighted by Crippen LogP contribution is -2.24. The van der Waals surface area contributed by atoms with Crippen molar-refractivity contribution in [2.75, 3.05) is 0 Å². The van der Waals surface area contributed by atoms with Gasteiger partial charge in [-0.05, 0) is 74.8 Å². The lowest BCUT2D eigenvalue weighted by molar-refractivity contribution is 0.186. The largest absolute Gasteiger partial charge is 0.203 e. The van der Waals surface area contributed by atoms with Crippen LogP contribution < -0.4 is 0 Å². The minimum Gasteiger partial charge on any atom is -0.203 e. The van der Waals surface area contributed by atoms with E-state index in [2.05, 4.69) is 13.8 Å². The lowest BCUT2D eigenvalue weighted by Gasteiger charge is -2.37. The van der Waals surface area contributed by atoms with Crippen molar-refractivity contribution in [2.24, 2.45) is 17.8 Å². The van der Waals surface area contributed by atoms with Crippen LogP contribution in [-0.4, -0.2) is 0 Å². The van der Waals surface area contributed by atoms with Crippen LogP contribution in [0.5, 0.6) is 0 Å². The Bertz CT molecular complexity index is 636. The fourth-order valence-electron chi connectivity index (χ4n) is 5.16. The molecule has 1 unspecified atom stereocenters. The van der Waals surface area contributed by atoms with E-state index in [4.69, 9.17) is 0 Å². The van der Waals surface area contributed by atoms with E-state index in [9.17, 15) is 8.78 Å². The highest BCUT2D eigenvalue weighted by Gasteiger charge is 2.31. The monoisotopic (exact) mass is 346 g/mol. The standard InChI is InChI=1S/C23H32F2/c1-4-5-17-7-9-18(10-8-17)19-11-13-20(16(3)14-19)21-12-6-15(2)22(24)23(21)25/h6,12,17-19H,4-5,7-11,13-14H2,1-3H3. The van der Waals surface area contributed by atoms with E-state index in [0.29, 0.717) is 11.1 Å². The molecule has 2 aliphatic rings. The second-order valence-corrected chi connectivity index (χ2v) is 8.39. The molecule has 25 heavy (non-hydrogen) atoms. The number of rotatable bonds is 4. The first-order valence-corrected chi connectivity index (χ1v) is 10.1. The van der Waals surface area contributed by atoms with Gasteiger partial charge in [-0.3, -0.25) is 0 Å². The van der Waals surface area contributed by atoms with Gasteiger partial charge < -0.3 is 0 Å². The number of benzene rings is 1. The molecular formula is C23H32F2. The fraction of sp³-hybridized carbons (Fsp3) is 0.652. The average molecular weight is 347 g/mol. The molecule has 1 fully saturated rings. The molecule has 0 amide bonds. The Balaban J connectivity index is 1.69. The summed E-state index contributed by atoms with van der Waals surface area (Å²) in [5, 5.41) is 0. The van der Waals surface area contributed by atoms with Crippen LogP contribution in [0, 0.1) is 36.3 Å². The van der Waals surface area contributed by atoms with Crippen molar-refractivity contribution in [1.82, 2.24) is 0 Å². The normalized spacial score (nSPS) is 27.6. The van der Waals surface area contributed by atoms with Gasteiger partial charge >= 0.3 is 0 Å². The van der Waals surface area contributed by atoms with Crippen LogP contribution in [-0.2, 0) is 0 Å². The topological polar surface area (TPSA) is 0 Å². The summed E-state index contributed by atoms with van der Waals surface area (Å²) in [5.74, 6) is 1.18. The highest BCUT2D eigenvalue weighted by molar-refractivity contribution is 5.70. The molecule has 0 nitrogen and oxygen atoms in total. The van der Waals surface area contributed by atoms with Gasteiger partial charge in [-0.2, -0.15) is 0 Å². The first kappa shape index (κ1) is 18.6. The third kappa shape index (κ3) is 3.99. The zero-order valence-corrected chi connectivity index (χ0v) is 16.0. The average Bonchev–Trinajstić information content (AvgIpc) is 2.61. The SMILES string of the molecule is CCCC1CCC(C2CCC(c3ccc(C)c(F)c3F)=C(C)C2)CC1. The van der Waals surface area contributed by atoms with E-state index < -0.39 is 11.6 Å². The summed E-state index contributed by atoms with van der Waals surface area (Å²) in [4.78, 5) is 0. The molecule has 2 aliphatic carbocycles. The maximum Gasteiger partial charge on any atom is 0.166 e. The van der Waals surface area contributed by atoms with Crippen molar-refractivity contribution < 1.29 is 8.78 Å². The van der Waals surface area contributed by atoms with Crippen LogP contribution >= 0.6 is 0 Å². The van der Waals surface area contributed by atoms with Gasteiger partial charge in [-0.15, -0.1) is 0 Å². The molecule has 0 spiro atoms. The second kappa shape index (κ2) is 8.01. The van der Waals surface area contributed by atoms with Crippen molar-refractivity contribution in [3.8, 4) is 0 Å². The maximum absolute atomic E-state index is 14.4. The van der Waals surface area contributed by atoms with Crippen LogP contribution in [0.4, 0.5) is 8.78 Å². The first-order valence-electron chi connectivity index (χ1n) is 10.1. The minimum atomic E-state index is -0.686. The molecule has 0 heterocycles. The van der Waals surface area contributed by atoms with E-state index >= 15 is 0 Å². The van der Waals surface area contributed by atoms with Crippen LogP contribution in [0.2, 0.25) is 0 Å². The molecule has 1 atom stereocenters. The number of hydrogen-bond donors (Lipinski definition) is 0. The number of allylic oxidation sites excluding steroid dienone is 2. The van der Waals surface area contributed by atoms with Gasteiger partial charge in [0.2, 0.25) is 0 Å². The van der Waals surface area contributed by atoms with Gasteiger partial charge in [0, 0.05) is 5.56 Å². The van der Waals surface area contributed by atoms with E-state index in [1.54, 1.807) is 19.1 Å². The Morgan fingerprint density at radius 2 is 1.64 bits per heavy atom. The van der Waals surface area contributed by atoms with Crippen LogP contribution in [0.3, 0.4) is 0 Å². The van der Waals surface area contributed by atoms with E-state index in [1.165, 1.54) is 44.1 Å². The molecule has 0 aliphatic heterocycles. The molecule has 1 aromatic carbocycles. The lowest BCUT2D eigenvalue weighted by atomic mass is 9.69. The van der Waals surface area contributed by atoms with Crippen molar-refractivity contribution in [1.29, 1.82) is 0 Å². The van der Waals surface area contributed by atoms with Crippen molar-refractivity contribution >= 4 is 5.57 Å². The Kier molecular flexibility index (Phi) is 5.96. The predicted octanol–water partition coefficient (Wildman–Crippen LogP) is 7.45. The fourth-order valence-corrected chi connectivity index (χ4v) is 5.16. The minimum absolute atomic E-state index is 0.386. The molecule has 1 saturated carbocycles. The van der Waals surface area contributed by atoms with Gasteiger partial charge in [0.05, 0.1) is 0 Å². The van der Waals surface area contributed by atoms with Gasteiger partial charge in [0.15, 0.2) is 11.6 Å². The Labute approximate surface area is 151 Å². The maximum atomic E-state index is 14.4. The summed E-state index contributed by atoms with van der Waals surface area (Å²) in [6, 6.07) is 3.47. The van der Waals surface area contributed by atoms with Crippen LogP contribution in [0.1, 0.15) is 82.8 Å². The summed E-state index contributed by atoms with van der Waals surface area (Å²) in [7, 11) is 0. The Morgan fingerprint density at radius 3 is 2.28 bits per heavy atom. The molecule has 138 valence electrons. The number of hydrogen-bond acceptors (Lipinski definition) is 0. The third-order valence-corrected chi connectivity index (χ3v) is 6.70. The second-order valence-electron chi connectivity index (χ2n) is 8.39. The van der Waals surface area contributed by atoms with Crippen molar-refractivity contribution in [3.05, 3.63) is 40.5 Å². The molecule has 2 heteroatoms. The number of halogens is 2. The smallest absolute Gasteiger partial charge is 0.166 e. The van der Waals surface area contributed by atoms with Gasteiger partial charge in [0.1, 0.15) is 0 Å². The third-order valence-electron chi connectivity index (χ3n) is 6.70.